The van der Waals surface area contributed by atoms with Crippen molar-refractivity contribution in [3.05, 3.63) is 70.7 Å². The van der Waals surface area contributed by atoms with Crippen LogP contribution < -0.4 is 5.32 Å². The number of carboxylic acids is 1. The number of carbonyl (C=O) groups is 1. The van der Waals surface area contributed by atoms with Crippen molar-refractivity contribution in [3.8, 4) is 11.3 Å². The number of rotatable bonds is 6. The molecular weight excluding hydrogens is 471 g/mol. The van der Waals surface area contributed by atoms with Crippen LogP contribution in [-0.2, 0) is 11.2 Å². The van der Waals surface area contributed by atoms with Gasteiger partial charge in [0.1, 0.15) is 0 Å². The highest BCUT2D eigenvalue weighted by Gasteiger charge is 2.50. The molecule has 0 amide bonds. The Kier molecular flexibility index (Phi) is 6.51. The fraction of sp³-hybridized carbons (Fsp3) is 0.292. The van der Waals surface area contributed by atoms with Crippen molar-refractivity contribution < 1.29 is 28.2 Å². The van der Waals surface area contributed by atoms with Gasteiger partial charge in [0.05, 0.1) is 24.6 Å². The van der Waals surface area contributed by atoms with E-state index >= 15 is 0 Å². The van der Waals surface area contributed by atoms with Crippen molar-refractivity contribution in [2.75, 3.05) is 5.32 Å². The second-order valence-corrected chi connectivity index (χ2v) is 8.92. The zero-order chi connectivity index (χ0) is 24.5. The molecule has 1 aromatic heterocycles. The number of aliphatic carboxylic acids is 1. The number of benzene rings is 2. The summed E-state index contributed by atoms with van der Waals surface area (Å²) in [7, 11) is 0. The third kappa shape index (κ3) is 5.31. The van der Waals surface area contributed by atoms with E-state index in [0.29, 0.717) is 33.2 Å². The third-order valence-corrected chi connectivity index (χ3v) is 6.26. The van der Waals surface area contributed by atoms with Crippen molar-refractivity contribution >= 4 is 29.1 Å². The molecule has 0 bridgehead atoms. The van der Waals surface area contributed by atoms with Gasteiger partial charge in [-0.1, -0.05) is 29.8 Å². The average molecular weight is 492 g/mol. The maximum Gasteiger partial charge on any atom is 0.389 e. The first-order valence-electron chi connectivity index (χ1n) is 10.5. The fourth-order valence-electron chi connectivity index (χ4n) is 4.50. The summed E-state index contributed by atoms with van der Waals surface area (Å²) in [5.41, 5.74) is 1.16. The van der Waals surface area contributed by atoms with E-state index in [-0.39, 0.29) is 12.8 Å². The van der Waals surface area contributed by atoms with Crippen LogP contribution in [0, 0.1) is 5.41 Å². The molecule has 1 aliphatic carbocycles. The molecule has 3 aromatic rings. The SMILES string of the molecule is O=C(O)CC1(CC(F)(F)F)CCc2cc(-c3ccc(Nc4cccc(Cl)c4)nn3)ccc2C1O. The highest BCUT2D eigenvalue weighted by molar-refractivity contribution is 6.30. The largest absolute Gasteiger partial charge is 0.481 e. The Labute approximate surface area is 198 Å². The molecule has 6 nitrogen and oxygen atoms in total. The molecule has 0 saturated carbocycles. The number of anilines is 2. The number of aromatic nitrogens is 2. The second-order valence-electron chi connectivity index (χ2n) is 8.48. The van der Waals surface area contributed by atoms with Gasteiger partial charge in [-0.3, -0.25) is 4.79 Å². The maximum atomic E-state index is 13.2. The molecule has 0 aliphatic heterocycles. The lowest BCUT2D eigenvalue weighted by Crippen LogP contribution is -2.39. The molecule has 3 N–H and O–H groups in total. The summed E-state index contributed by atoms with van der Waals surface area (Å²) in [4.78, 5) is 11.3. The summed E-state index contributed by atoms with van der Waals surface area (Å²) in [6.45, 7) is 0. The summed E-state index contributed by atoms with van der Waals surface area (Å²) < 4.78 is 39.7. The molecule has 0 saturated heterocycles. The number of hydrogen-bond acceptors (Lipinski definition) is 5. The van der Waals surface area contributed by atoms with Crippen LogP contribution in [0.1, 0.15) is 36.5 Å². The topological polar surface area (TPSA) is 95.3 Å². The van der Waals surface area contributed by atoms with Crippen LogP contribution in [0.5, 0.6) is 0 Å². The van der Waals surface area contributed by atoms with Crippen molar-refractivity contribution in [2.45, 2.75) is 38.0 Å². The van der Waals surface area contributed by atoms with Gasteiger partial charge < -0.3 is 15.5 Å². The van der Waals surface area contributed by atoms with Crippen molar-refractivity contribution in [1.82, 2.24) is 10.2 Å². The van der Waals surface area contributed by atoms with E-state index in [1.807, 2.05) is 6.07 Å². The molecule has 2 unspecified atom stereocenters. The standard InChI is InChI=1S/C24H21ClF3N3O3/c25-16-2-1-3-17(11-16)29-20-7-6-19(30-31-20)15-4-5-18-14(10-15)8-9-23(22(18)34,12-21(32)33)13-24(26,27)28/h1-7,10-11,22,34H,8-9,12-13H2,(H,29,31)(H,32,33). The number of fused-ring (bicyclic) bond motifs is 1. The highest BCUT2D eigenvalue weighted by Crippen LogP contribution is 2.52. The van der Waals surface area contributed by atoms with Gasteiger partial charge >= 0.3 is 12.1 Å². The van der Waals surface area contributed by atoms with E-state index in [4.69, 9.17) is 11.6 Å². The monoisotopic (exact) mass is 491 g/mol. The van der Waals surface area contributed by atoms with E-state index in [2.05, 4.69) is 15.5 Å². The van der Waals surface area contributed by atoms with Crippen LogP contribution in [0.25, 0.3) is 11.3 Å². The van der Waals surface area contributed by atoms with Crippen LogP contribution in [0.2, 0.25) is 5.02 Å². The van der Waals surface area contributed by atoms with E-state index in [1.54, 1.807) is 48.5 Å². The van der Waals surface area contributed by atoms with Crippen LogP contribution >= 0.6 is 11.6 Å². The predicted octanol–water partition coefficient (Wildman–Crippen LogP) is 5.93. The molecule has 0 radical (unpaired) electrons. The summed E-state index contributed by atoms with van der Waals surface area (Å²) in [5, 5.41) is 32.1. The lowest BCUT2D eigenvalue weighted by atomic mass is 9.65. The zero-order valence-corrected chi connectivity index (χ0v) is 18.6. The van der Waals surface area contributed by atoms with E-state index < -0.39 is 36.5 Å². The Morgan fingerprint density at radius 3 is 2.59 bits per heavy atom. The molecular formula is C24H21ClF3N3O3. The van der Waals surface area contributed by atoms with Gasteiger partial charge in [0.15, 0.2) is 5.82 Å². The Hall–Kier alpha value is -3.17. The normalized spacial score (nSPS) is 20.0. The molecule has 1 heterocycles. The first-order chi connectivity index (χ1) is 16.0. The third-order valence-electron chi connectivity index (χ3n) is 6.02. The van der Waals surface area contributed by atoms with Crippen molar-refractivity contribution in [3.63, 3.8) is 0 Å². The Morgan fingerprint density at radius 2 is 1.94 bits per heavy atom. The summed E-state index contributed by atoms with van der Waals surface area (Å²) in [6, 6.07) is 15.6. The molecule has 10 heteroatoms. The van der Waals surface area contributed by atoms with Crippen LogP contribution in [-0.4, -0.2) is 32.6 Å². The number of carboxylic acid groups (broad SMARTS) is 1. The summed E-state index contributed by atoms with van der Waals surface area (Å²) in [6.07, 6.45) is -8.14. The number of aliphatic hydroxyl groups is 1. The van der Waals surface area contributed by atoms with Crippen LogP contribution in [0.4, 0.5) is 24.7 Å². The number of halogens is 4. The first kappa shape index (κ1) is 24.0. The smallest absolute Gasteiger partial charge is 0.389 e. The summed E-state index contributed by atoms with van der Waals surface area (Å²) >= 11 is 5.98. The molecule has 2 atom stereocenters. The zero-order valence-electron chi connectivity index (χ0n) is 17.8. The minimum Gasteiger partial charge on any atom is -0.481 e. The highest BCUT2D eigenvalue weighted by atomic mass is 35.5. The van der Waals surface area contributed by atoms with Gasteiger partial charge in [-0.25, -0.2) is 0 Å². The van der Waals surface area contributed by atoms with E-state index in [1.165, 1.54) is 0 Å². The Bertz CT molecular complexity index is 1200. The van der Waals surface area contributed by atoms with Crippen LogP contribution in [0.3, 0.4) is 0 Å². The molecule has 2 aromatic carbocycles. The molecule has 0 fully saturated rings. The van der Waals surface area contributed by atoms with Gasteiger partial charge in [0, 0.05) is 21.7 Å². The quantitative estimate of drug-likeness (QED) is 0.395. The molecule has 1 aliphatic rings. The Morgan fingerprint density at radius 1 is 1.15 bits per heavy atom. The van der Waals surface area contributed by atoms with E-state index in [0.717, 1.165) is 5.69 Å². The number of nitrogens with zero attached hydrogens (tertiary/aromatic N) is 2. The second kappa shape index (κ2) is 9.23. The van der Waals surface area contributed by atoms with Gasteiger partial charge in [-0.15, -0.1) is 10.2 Å². The minimum atomic E-state index is -4.59. The van der Waals surface area contributed by atoms with Gasteiger partial charge in [-0.2, -0.15) is 13.2 Å². The molecule has 0 spiro atoms. The number of aliphatic hydroxyl groups excluding tert-OH is 1. The number of aryl methyl sites for hydroxylation is 1. The van der Waals surface area contributed by atoms with Crippen molar-refractivity contribution in [2.24, 2.45) is 5.41 Å². The first-order valence-corrected chi connectivity index (χ1v) is 10.9. The molecule has 34 heavy (non-hydrogen) atoms. The molecule has 178 valence electrons. The lowest BCUT2D eigenvalue weighted by molar-refractivity contribution is -0.183. The van der Waals surface area contributed by atoms with Gasteiger partial charge in [0.2, 0.25) is 0 Å². The number of alkyl halides is 3. The maximum absolute atomic E-state index is 13.2. The van der Waals surface area contributed by atoms with E-state index in [9.17, 15) is 28.2 Å². The minimum absolute atomic E-state index is 0.0927. The predicted molar refractivity (Wildman–Crippen MR) is 121 cm³/mol. The summed E-state index contributed by atoms with van der Waals surface area (Å²) in [5.74, 6) is -0.866. The number of hydrogen-bond donors (Lipinski definition) is 3. The average Bonchev–Trinajstić information content (AvgIpc) is 2.75. The molecule has 4 rings (SSSR count). The lowest BCUT2D eigenvalue weighted by Gasteiger charge is -2.42. The van der Waals surface area contributed by atoms with Crippen LogP contribution in [0.15, 0.2) is 54.6 Å². The number of nitrogens with one attached hydrogen (secondary N) is 1. The van der Waals surface area contributed by atoms with Crippen molar-refractivity contribution in [1.29, 1.82) is 0 Å². The Balaban J connectivity index is 1.57. The van der Waals surface area contributed by atoms with Gasteiger partial charge in [0.25, 0.3) is 0 Å². The van der Waals surface area contributed by atoms with Gasteiger partial charge in [-0.05, 0) is 60.4 Å². The fourth-order valence-corrected chi connectivity index (χ4v) is 4.69.